The lowest BCUT2D eigenvalue weighted by atomic mass is 10.0. The van der Waals surface area contributed by atoms with Crippen molar-refractivity contribution in [1.29, 1.82) is 0 Å². The quantitative estimate of drug-likeness (QED) is 0.651. The van der Waals surface area contributed by atoms with E-state index in [4.69, 9.17) is 9.84 Å². The zero-order valence-corrected chi connectivity index (χ0v) is 12.7. The number of hydrogen-bond donors (Lipinski definition) is 2. The number of nitrogens with one attached hydrogen (secondary N) is 1. The Kier molecular flexibility index (Phi) is 6.21. The summed E-state index contributed by atoms with van der Waals surface area (Å²) < 4.78 is 5.58. The Morgan fingerprint density at radius 3 is 2.71 bits per heavy atom. The third-order valence-corrected chi connectivity index (χ3v) is 3.87. The topological polar surface area (TPSA) is 58.6 Å². The number of carboxylic acids is 1. The molecule has 4 heteroatoms. The molecule has 0 aliphatic heterocycles. The molecule has 1 fully saturated rings. The van der Waals surface area contributed by atoms with Crippen LogP contribution in [0.15, 0.2) is 24.3 Å². The van der Waals surface area contributed by atoms with Crippen molar-refractivity contribution in [1.82, 2.24) is 5.32 Å². The highest BCUT2D eigenvalue weighted by atomic mass is 16.5. The third-order valence-electron chi connectivity index (χ3n) is 3.87. The number of carboxylic acid groups (broad SMARTS) is 1. The van der Waals surface area contributed by atoms with E-state index >= 15 is 0 Å². The maximum atomic E-state index is 10.9. The van der Waals surface area contributed by atoms with E-state index in [0.29, 0.717) is 0 Å². The molecule has 2 rings (SSSR count). The van der Waals surface area contributed by atoms with E-state index in [9.17, 15) is 4.79 Å². The molecule has 21 heavy (non-hydrogen) atoms. The fourth-order valence-electron chi connectivity index (χ4n) is 2.13. The summed E-state index contributed by atoms with van der Waals surface area (Å²) in [5, 5.41) is 12.3. The van der Waals surface area contributed by atoms with Gasteiger partial charge in [-0.2, -0.15) is 0 Å². The molecule has 1 aromatic carbocycles. The van der Waals surface area contributed by atoms with Crippen LogP contribution < -0.4 is 5.32 Å². The summed E-state index contributed by atoms with van der Waals surface area (Å²) >= 11 is 0. The molecule has 0 bridgehead atoms. The van der Waals surface area contributed by atoms with Gasteiger partial charge in [0, 0.05) is 19.8 Å². The monoisotopic (exact) mass is 291 g/mol. The first-order valence-corrected chi connectivity index (χ1v) is 7.77. The lowest BCUT2D eigenvalue weighted by Gasteiger charge is -2.09. The molecule has 116 valence electrons. The predicted molar refractivity (Wildman–Crippen MR) is 82.4 cm³/mol. The lowest BCUT2D eigenvalue weighted by molar-refractivity contribution is -0.138. The first kappa shape index (κ1) is 16.0. The van der Waals surface area contributed by atoms with E-state index in [2.05, 4.69) is 5.32 Å². The first-order chi connectivity index (χ1) is 10.2. The van der Waals surface area contributed by atoms with Gasteiger partial charge in [-0.3, -0.25) is 4.79 Å². The summed E-state index contributed by atoms with van der Waals surface area (Å²) in [5.74, 6) is -0.396. The van der Waals surface area contributed by atoms with Crippen molar-refractivity contribution in [3.05, 3.63) is 35.4 Å². The summed E-state index contributed by atoms with van der Waals surface area (Å²) in [6.07, 6.45) is 3.71. The molecular weight excluding hydrogens is 266 g/mol. The Morgan fingerprint density at radius 2 is 2.10 bits per heavy atom. The Labute approximate surface area is 126 Å². The molecule has 0 radical (unpaired) electrons. The highest BCUT2D eigenvalue weighted by Crippen LogP contribution is 2.28. The molecule has 4 nitrogen and oxygen atoms in total. The summed E-state index contributed by atoms with van der Waals surface area (Å²) in [7, 11) is 0. The third kappa shape index (κ3) is 5.86. The number of carbonyl (C=O) groups is 1. The van der Waals surface area contributed by atoms with Gasteiger partial charge in [-0.1, -0.05) is 24.3 Å². The molecule has 0 heterocycles. The number of ether oxygens (including phenoxy) is 1. The zero-order chi connectivity index (χ0) is 15.1. The zero-order valence-electron chi connectivity index (χ0n) is 12.7. The van der Waals surface area contributed by atoms with E-state index < -0.39 is 11.9 Å². The van der Waals surface area contributed by atoms with Crippen LogP contribution in [0.2, 0.25) is 0 Å². The van der Waals surface area contributed by atoms with Crippen molar-refractivity contribution >= 4 is 5.97 Å². The molecule has 1 aliphatic rings. The molecule has 1 aliphatic carbocycles. The highest BCUT2D eigenvalue weighted by molar-refractivity contribution is 5.75. The van der Waals surface area contributed by atoms with Crippen LogP contribution >= 0.6 is 0 Å². The fraction of sp³-hybridized carbons (Fsp3) is 0.588. The number of rotatable bonds is 10. The SMILES string of the molecule is CC(C(=O)O)c1ccc(CNCCCOCC2CC2)cc1. The molecule has 0 aromatic heterocycles. The normalized spacial score (nSPS) is 15.9. The summed E-state index contributed by atoms with van der Waals surface area (Å²) in [5.41, 5.74) is 2.02. The van der Waals surface area contributed by atoms with Gasteiger partial charge in [0.05, 0.1) is 5.92 Å². The molecular formula is C17H25NO3. The van der Waals surface area contributed by atoms with Gasteiger partial charge in [0.2, 0.25) is 0 Å². The van der Waals surface area contributed by atoms with Gasteiger partial charge in [0.1, 0.15) is 0 Å². The molecule has 0 amide bonds. The highest BCUT2D eigenvalue weighted by Gasteiger charge is 2.20. The largest absolute Gasteiger partial charge is 0.481 e. The Morgan fingerprint density at radius 1 is 1.38 bits per heavy atom. The average Bonchev–Trinajstić information content (AvgIpc) is 3.30. The summed E-state index contributed by atoms with van der Waals surface area (Å²) in [6.45, 7) is 5.22. The van der Waals surface area contributed by atoms with Crippen LogP contribution in [-0.2, 0) is 16.1 Å². The minimum absolute atomic E-state index is 0.448. The van der Waals surface area contributed by atoms with Gasteiger partial charge < -0.3 is 15.2 Å². The van der Waals surface area contributed by atoms with Gasteiger partial charge in [-0.15, -0.1) is 0 Å². The van der Waals surface area contributed by atoms with Crippen LogP contribution in [0.3, 0.4) is 0 Å². The van der Waals surface area contributed by atoms with Gasteiger partial charge >= 0.3 is 5.97 Å². The molecule has 1 aromatic rings. The number of benzene rings is 1. The van der Waals surface area contributed by atoms with Crippen molar-refractivity contribution in [2.75, 3.05) is 19.8 Å². The van der Waals surface area contributed by atoms with Gasteiger partial charge in [0.25, 0.3) is 0 Å². The van der Waals surface area contributed by atoms with Crippen LogP contribution in [0, 0.1) is 5.92 Å². The number of aliphatic carboxylic acids is 1. The van der Waals surface area contributed by atoms with Crippen molar-refractivity contribution in [2.45, 2.75) is 38.6 Å². The second-order valence-corrected chi connectivity index (χ2v) is 5.85. The fourth-order valence-corrected chi connectivity index (χ4v) is 2.13. The van der Waals surface area contributed by atoms with E-state index in [1.807, 2.05) is 24.3 Å². The van der Waals surface area contributed by atoms with Gasteiger partial charge in [-0.25, -0.2) is 0 Å². The van der Waals surface area contributed by atoms with Crippen LogP contribution in [-0.4, -0.2) is 30.8 Å². The maximum Gasteiger partial charge on any atom is 0.310 e. The molecule has 1 unspecified atom stereocenters. The summed E-state index contributed by atoms with van der Waals surface area (Å²) in [4.78, 5) is 10.9. The van der Waals surface area contributed by atoms with Crippen LogP contribution in [0.4, 0.5) is 0 Å². The average molecular weight is 291 g/mol. The molecule has 0 saturated heterocycles. The van der Waals surface area contributed by atoms with Gasteiger partial charge in [-0.05, 0) is 49.8 Å². The van der Waals surface area contributed by atoms with Crippen LogP contribution in [0.25, 0.3) is 0 Å². The van der Waals surface area contributed by atoms with Crippen molar-refractivity contribution in [3.63, 3.8) is 0 Å². The first-order valence-electron chi connectivity index (χ1n) is 7.77. The molecule has 0 spiro atoms. The van der Waals surface area contributed by atoms with E-state index in [0.717, 1.165) is 44.2 Å². The van der Waals surface area contributed by atoms with E-state index in [1.165, 1.54) is 18.4 Å². The Hall–Kier alpha value is -1.39. The van der Waals surface area contributed by atoms with E-state index in [1.54, 1.807) is 6.92 Å². The van der Waals surface area contributed by atoms with E-state index in [-0.39, 0.29) is 0 Å². The molecule has 2 N–H and O–H groups in total. The second-order valence-electron chi connectivity index (χ2n) is 5.85. The number of hydrogen-bond acceptors (Lipinski definition) is 3. The standard InChI is InChI=1S/C17H25NO3/c1-13(17(19)20)16-7-5-14(6-8-16)11-18-9-2-10-21-12-15-3-4-15/h5-8,13,15,18H,2-4,9-12H2,1H3,(H,19,20). The predicted octanol–water partition coefficient (Wildman–Crippen LogP) is 2.78. The smallest absolute Gasteiger partial charge is 0.310 e. The van der Waals surface area contributed by atoms with Crippen LogP contribution in [0.5, 0.6) is 0 Å². The lowest BCUT2D eigenvalue weighted by Crippen LogP contribution is -2.16. The minimum atomic E-state index is -0.785. The second kappa shape index (κ2) is 8.15. The summed E-state index contributed by atoms with van der Waals surface area (Å²) in [6, 6.07) is 7.78. The van der Waals surface area contributed by atoms with Crippen LogP contribution in [0.1, 0.15) is 43.2 Å². The maximum absolute atomic E-state index is 10.9. The minimum Gasteiger partial charge on any atom is -0.481 e. The van der Waals surface area contributed by atoms with Crippen molar-refractivity contribution in [3.8, 4) is 0 Å². The van der Waals surface area contributed by atoms with Gasteiger partial charge in [0.15, 0.2) is 0 Å². The van der Waals surface area contributed by atoms with Crippen molar-refractivity contribution in [2.24, 2.45) is 5.92 Å². The molecule has 1 saturated carbocycles. The van der Waals surface area contributed by atoms with Crippen molar-refractivity contribution < 1.29 is 14.6 Å². The Bertz CT molecular complexity index is 440. The molecule has 1 atom stereocenters. The Balaban J connectivity index is 1.58.